The van der Waals surface area contributed by atoms with Gasteiger partial charge in [-0.05, 0) is 102 Å². The third kappa shape index (κ3) is 7.61. The van der Waals surface area contributed by atoms with Crippen LogP contribution in [0, 0.1) is 5.82 Å². The molecule has 202 valence electrons. The molecule has 1 fully saturated rings. The molecule has 2 aromatic carbocycles. The van der Waals surface area contributed by atoms with Crippen molar-refractivity contribution >= 4 is 23.7 Å². The highest BCUT2D eigenvalue weighted by atomic mass is 19.1. The zero-order valence-corrected chi connectivity index (χ0v) is 22.1. The van der Waals surface area contributed by atoms with Crippen molar-refractivity contribution < 1.29 is 23.1 Å². The lowest BCUT2D eigenvalue weighted by atomic mass is 10.1. The standard InChI is InChI=1S/C28H34FN5O4/c1-28(2,3)38-27(36)34(18-8-17-33-15-5-4-6-16-33)26-32-31-25(37-26)20-11-13-23(14-12-20)30-24(35)21-9-7-10-22(29)19-21/h7,9-14,19H,4-6,8,15-18H2,1-3H3,(H,30,35). The number of carbonyl (C=O) groups is 2. The molecule has 0 spiro atoms. The molecule has 1 aliphatic heterocycles. The summed E-state index contributed by atoms with van der Waals surface area (Å²) in [5.74, 6) is -0.672. The molecule has 1 aromatic heterocycles. The van der Waals surface area contributed by atoms with Crippen LogP contribution in [0.1, 0.15) is 56.8 Å². The predicted molar refractivity (Wildman–Crippen MR) is 143 cm³/mol. The average molecular weight is 524 g/mol. The minimum Gasteiger partial charge on any atom is -0.443 e. The van der Waals surface area contributed by atoms with Crippen molar-refractivity contribution in [3.8, 4) is 11.5 Å². The zero-order chi connectivity index (χ0) is 27.1. The van der Waals surface area contributed by atoms with Crippen molar-refractivity contribution in [2.75, 3.05) is 36.4 Å². The summed E-state index contributed by atoms with van der Waals surface area (Å²) in [7, 11) is 0. The van der Waals surface area contributed by atoms with Gasteiger partial charge in [0.15, 0.2) is 0 Å². The van der Waals surface area contributed by atoms with E-state index in [1.165, 1.54) is 48.4 Å². The van der Waals surface area contributed by atoms with E-state index in [-0.39, 0.29) is 17.5 Å². The number of nitrogens with zero attached hydrogens (tertiary/aromatic N) is 4. The molecular formula is C28H34FN5O4. The van der Waals surface area contributed by atoms with E-state index < -0.39 is 23.4 Å². The topological polar surface area (TPSA) is 101 Å². The Hall–Kier alpha value is -3.79. The van der Waals surface area contributed by atoms with Gasteiger partial charge in [0.1, 0.15) is 11.4 Å². The van der Waals surface area contributed by atoms with Crippen molar-refractivity contribution in [1.29, 1.82) is 0 Å². The van der Waals surface area contributed by atoms with Gasteiger partial charge in [0.2, 0.25) is 5.89 Å². The minimum atomic E-state index is -0.670. The maximum absolute atomic E-state index is 13.4. The summed E-state index contributed by atoms with van der Waals surface area (Å²) >= 11 is 0. The molecule has 2 amide bonds. The molecule has 10 heteroatoms. The maximum atomic E-state index is 13.4. The Bertz CT molecular complexity index is 1230. The number of amides is 2. The molecule has 0 aliphatic carbocycles. The number of likely N-dealkylation sites (tertiary alicyclic amines) is 1. The molecule has 9 nitrogen and oxygen atoms in total. The van der Waals surface area contributed by atoms with E-state index in [9.17, 15) is 14.0 Å². The summed E-state index contributed by atoms with van der Waals surface area (Å²) < 4.78 is 24.9. The van der Waals surface area contributed by atoms with E-state index in [2.05, 4.69) is 20.4 Å². The van der Waals surface area contributed by atoms with Crippen molar-refractivity contribution in [3.63, 3.8) is 0 Å². The van der Waals surface area contributed by atoms with Crippen LogP contribution in [-0.4, -0.2) is 58.9 Å². The lowest BCUT2D eigenvalue weighted by Gasteiger charge is -2.28. The predicted octanol–water partition coefficient (Wildman–Crippen LogP) is 5.75. The summed E-state index contributed by atoms with van der Waals surface area (Å²) in [6, 6.07) is 12.3. The number of benzene rings is 2. The lowest BCUT2D eigenvalue weighted by Crippen LogP contribution is -2.39. The van der Waals surface area contributed by atoms with Crippen LogP contribution >= 0.6 is 0 Å². The lowest BCUT2D eigenvalue weighted by molar-refractivity contribution is 0.0571. The third-order valence-corrected chi connectivity index (χ3v) is 6.04. The average Bonchev–Trinajstić information content (AvgIpc) is 3.36. The Balaban J connectivity index is 1.43. The van der Waals surface area contributed by atoms with Crippen LogP contribution in [0.4, 0.5) is 20.9 Å². The largest absolute Gasteiger partial charge is 0.443 e. The number of carbonyl (C=O) groups excluding carboxylic acids is 2. The number of anilines is 2. The van der Waals surface area contributed by atoms with Gasteiger partial charge in [-0.25, -0.2) is 14.1 Å². The Morgan fingerprint density at radius 2 is 1.82 bits per heavy atom. The molecule has 1 aliphatic rings. The van der Waals surface area contributed by atoms with Crippen molar-refractivity contribution in [1.82, 2.24) is 15.1 Å². The van der Waals surface area contributed by atoms with E-state index in [0.717, 1.165) is 26.1 Å². The molecule has 1 saturated heterocycles. The number of rotatable bonds is 8. The number of nitrogens with one attached hydrogen (secondary N) is 1. The van der Waals surface area contributed by atoms with Crippen molar-refractivity contribution in [2.45, 2.75) is 52.1 Å². The number of halogens is 1. The Morgan fingerprint density at radius 1 is 1.08 bits per heavy atom. The van der Waals surface area contributed by atoms with E-state index >= 15 is 0 Å². The summed E-state index contributed by atoms with van der Waals surface area (Å²) in [5.41, 5.74) is 0.690. The summed E-state index contributed by atoms with van der Waals surface area (Å²) in [5, 5.41) is 11.0. The summed E-state index contributed by atoms with van der Waals surface area (Å²) in [6.45, 7) is 8.85. The highest BCUT2D eigenvalue weighted by molar-refractivity contribution is 6.04. The molecule has 0 bridgehead atoms. The van der Waals surface area contributed by atoms with Gasteiger partial charge >= 0.3 is 12.1 Å². The van der Waals surface area contributed by atoms with Crippen molar-refractivity contribution in [2.24, 2.45) is 0 Å². The van der Waals surface area contributed by atoms with Crippen LogP contribution in [0.15, 0.2) is 52.9 Å². The monoisotopic (exact) mass is 523 g/mol. The molecular weight excluding hydrogens is 489 g/mol. The maximum Gasteiger partial charge on any atom is 0.418 e. The highest BCUT2D eigenvalue weighted by Gasteiger charge is 2.27. The summed E-state index contributed by atoms with van der Waals surface area (Å²) in [6.07, 6.45) is 3.89. The van der Waals surface area contributed by atoms with Gasteiger partial charge in [0.25, 0.3) is 5.91 Å². The first kappa shape index (κ1) is 27.3. The smallest absolute Gasteiger partial charge is 0.418 e. The molecule has 4 rings (SSSR count). The molecule has 0 radical (unpaired) electrons. The number of ether oxygens (including phenoxy) is 1. The highest BCUT2D eigenvalue weighted by Crippen LogP contribution is 2.25. The van der Waals surface area contributed by atoms with Crippen LogP contribution in [0.3, 0.4) is 0 Å². The first-order valence-corrected chi connectivity index (χ1v) is 12.9. The Kier molecular flexibility index (Phi) is 8.73. The van der Waals surface area contributed by atoms with E-state index in [4.69, 9.17) is 9.15 Å². The van der Waals surface area contributed by atoms with E-state index in [1.54, 1.807) is 24.3 Å². The second-order valence-corrected chi connectivity index (χ2v) is 10.3. The molecule has 0 atom stereocenters. The second-order valence-electron chi connectivity index (χ2n) is 10.3. The van der Waals surface area contributed by atoms with Gasteiger partial charge in [-0.15, -0.1) is 5.10 Å². The third-order valence-electron chi connectivity index (χ3n) is 6.04. The van der Waals surface area contributed by atoms with Gasteiger partial charge in [-0.1, -0.05) is 17.6 Å². The van der Waals surface area contributed by atoms with Gasteiger partial charge < -0.3 is 19.4 Å². The molecule has 1 N–H and O–H groups in total. The van der Waals surface area contributed by atoms with Crippen LogP contribution < -0.4 is 10.2 Å². The fraction of sp³-hybridized carbons (Fsp3) is 0.429. The molecule has 0 unspecified atom stereocenters. The van der Waals surface area contributed by atoms with Crippen LogP contribution in [-0.2, 0) is 4.74 Å². The molecule has 3 aromatic rings. The molecule has 0 saturated carbocycles. The van der Waals surface area contributed by atoms with Gasteiger partial charge in [-0.3, -0.25) is 4.79 Å². The van der Waals surface area contributed by atoms with E-state index in [1.807, 2.05) is 20.8 Å². The minimum absolute atomic E-state index is 0.0661. The van der Waals surface area contributed by atoms with Crippen molar-refractivity contribution in [3.05, 3.63) is 59.9 Å². The number of aromatic nitrogens is 2. The number of hydrogen-bond donors (Lipinski definition) is 1. The van der Waals surface area contributed by atoms with Crippen LogP contribution in [0.25, 0.3) is 11.5 Å². The fourth-order valence-corrected chi connectivity index (χ4v) is 4.19. The normalized spacial score (nSPS) is 14.2. The quantitative estimate of drug-likeness (QED) is 0.401. The zero-order valence-electron chi connectivity index (χ0n) is 22.1. The van der Waals surface area contributed by atoms with Gasteiger partial charge in [-0.2, -0.15) is 0 Å². The van der Waals surface area contributed by atoms with E-state index in [0.29, 0.717) is 17.8 Å². The number of hydrogen-bond acceptors (Lipinski definition) is 7. The van der Waals surface area contributed by atoms with Gasteiger partial charge in [0, 0.05) is 23.4 Å². The molecule has 38 heavy (non-hydrogen) atoms. The first-order valence-electron chi connectivity index (χ1n) is 12.9. The Labute approximate surface area is 222 Å². The molecule has 2 heterocycles. The first-order chi connectivity index (χ1) is 18.2. The summed E-state index contributed by atoms with van der Waals surface area (Å²) in [4.78, 5) is 29.1. The van der Waals surface area contributed by atoms with Gasteiger partial charge in [0.05, 0.1) is 0 Å². The SMILES string of the molecule is CC(C)(C)OC(=O)N(CCCN1CCCCC1)c1nnc(-c2ccc(NC(=O)c3cccc(F)c3)cc2)o1. The van der Waals surface area contributed by atoms with Crippen LogP contribution in [0.2, 0.25) is 0 Å². The number of piperidine rings is 1. The second kappa shape index (κ2) is 12.2. The Morgan fingerprint density at radius 3 is 2.50 bits per heavy atom. The fourth-order valence-electron chi connectivity index (χ4n) is 4.19. The van der Waals surface area contributed by atoms with Crippen LogP contribution in [0.5, 0.6) is 0 Å².